The number of carbonyl (C=O) groups is 3. The number of benzene rings is 1. The van der Waals surface area contributed by atoms with Crippen molar-refractivity contribution in [1.82, 2.24) is 14.9 Å². The Morgan fingerprint density at radius 2 is 1.54 bits per heavy atom. The number of aliphatic carboxylic acids is 2. The largest absolute Gasteiger partial charge is 0.490 e. The van der Waals surface area contributed by atoms with Gasteiger partial charge in [0.05, 0.1) is 0 Å². The summed E-state index contributed by atoms with van der Waals surface area (Å²) < 4.78 is 49.5. The number of halogens is 3. The molecule has 2 aromatic rings. The minimum atomic E-state index is -5.08. The van der Waals surface area contributed by atoms with Crippen LogP contribution in [0.15, 0.2) is 46.1 Å². The number of alkyl halides is 3. The molecule has 2 fully saturated rings. The van der Waals surface area contributed by atoms with E-state index in [1.165, 1.54) is 19.3 Å². The maximum absolute atomic E-state index is 13.3. The molecule has 4 rings (SSSR count). The molecular formula is C33H45F3N4O14. The van der Waals surface area contributed by atoms with E-state index in [4.69, 9.17) is 29.8 Å². The van der Waals surface area contributed by atoms with Gasteiger partial charge in [0.15, 0.2) is 18.6 Å². The molecule has 3 heterocycles. The number of nitrogens with one attached hydrogen (secondary N) is 2. The molecule has 302 valence electrons. The first-order valence-electron chi connectivity index (χ1n) is 17.0. The van der Waals surface area contributed by atoms with Crippen molar-refractivity contribution in [1.29, 1.82) is 0 Å². The fourth-order valence-electron chi connectivity index (χ4n) is 5.78. The van der Waals surface area contributed by atoms with Crippen LogP contribution < -0.4 is 22.3 Å². The number of aliphatic hydroxyl groups is 4. The Bertz CT molecular complexity index is 1660. The number of nitrogens with zero attached hydrogens (tertiary/aromatic N) is 1. The van der Waals surface area contributed by atoms with Crippen LogP contribution >= 0.6 is 0 Å². The van der Waals surface area contributed by atoms with Gasteiger partial charge in [-0.3, -0.25) is 19.1 Å². The molecule has 0 radical (unpaired) electrons. The highest BCUT2D eigenvalue weighted by Gasteiger charge is 2.54. The number of aryl methyl sites for hydroxylation is 1. The number of amides is 1. The Balaban J connectivity index is 0.00000102. The summed E-state index contributed by atoms with van der Waals surface area (Å²) in [5.74, 6) is -5.21. The Kier molecular flexibility index (Phi) is 16.3. The van der Waals surface area contributed by atoms with Gasteiger partial charge in [-0.15, -0.1) is 0 Å². The van der Waals surface area contributed by atoms with Gasteiger partial charge >= 0.3 is 23.8 Å². The van der Waals surface area contributed by atoms with Crippen LogP contribution in [0.2, 0.25) is 0 Å². The third kappa shape index (κ3) is 11.6. The van der Waals surface area contributed by atoms with Crippen molar-refractivity contribution in [2.45, 2.75) is 119 Å². The van der Waals surface area contributed by atoms with E-state index in [9.17, 15) is 57.9 Å². The third-order valence-electron chi connectivity index (χ3n) is 8.73. The minimum absolute atomic E-state index is 0.128. The molecule has 2 aliphatic heterocycles. The van der Waals surface area contributed by atoms with E-state index in [-0.39, 0.29) is 12.1 Å². The summed E-state index contributed by atoms with van der Waals surface area (Å²) in [5, 5.41) is 62.4. The second-order valence-corrected chi connectivity index (χ2v) is 12.7. The fraction of sp³-hybridized carbons (Fsp3) is 0.606. The molecular weight excluding hydrogens is 733 g/mol. The number of carboxylic acids is 2. The molecule has 10 atom stereocenters. The molecule has 1 amide bonds. The van der Waals surface area contributed by atoms with Crippen LogP contribution in [-0.2, 0) is 30.2 Å². The lowest BCUT2D eigenvalue weighted by Crippen LogP contribution is -2.58. The molecule has 1 aromatic heterocycles. The number of H-pyrrole nitrogens is 1. The van der Waals surface area contributed by atoms with Gasteiger partial charge in [-0.1, -0.05) is 51.2 Å². The lowest BCUT2D eigenvalue weighted by molar-refractivity contribution is -0.227. The molecule has 0 unspecified atom stereocenters. The van der Waals surface area contributed by atoms with E-state index < -0.39 is 96.6 Å². The summed E-state index contributed by atoms with van der Waals surface area (Å²) >= 11 is 0. The van der Waals surface area contributed by atoms with Gasteiger partial charge in [0.25, 0.3) is 11.5 Å². The van der Waals surface area contributed by atoms with Crippen LogP contribution in [-0.4, -0.2) is 126 Å². The van der Waals surface area contributed by atoms with Crippen LogP contribution in [0, 0.1) is 0 Å². The zero-order chi connectivity index (χ0) is 40.3. The van der Waals surface area contributed by atoms with E-state index in [1.54, 1.807) is 24.3 Å². The van der Waals surface area contributed by atoms with Gasteiger partial charge in [-0.2, -0.15) is 13.2 Å². The molecule has 54 heavy (non-hydrogen) atoms. The maximum Gasteiger partial charge on any atom is 0.490 e. The third-order valence-corrected chi connectivity index (χ3v) is 8.73. The monoisotopic (exact) mass is 778 g/mol. The topological polar surface area (TPSA) is 293 Å². The number of carboxylic acid groups (broad SMARTS) is 2. The van der Waals surface area contributed by atoms with Crippen LogP contribution in [0.4, 0.5) is 13.2 Å². The van der Waals surface area contributed by atoms with E-state index in [1.807, 2.05) is 4.98 Å². The number of unbranched alkanes of at least 4 members (excludes halogenated alkanes) is 5. The van der Waals surface area contributed by atoms with Crippen molar-refractivity contribution < 1.29 is 72.4 Å². The summed E-state index contributed by atoms with van der Waals surface area (Å²) in [6.07, 6.45) is -11.4. The van der Waals surface area contributed by atoms with Gasteiger partial charge in [-0.25, -0.2) is 14.4 Å². The average Bonchev–Trinajstić information content (AvgIpc) is 3.56. The van der Waals surface area contributed by atoms with Crippen LogP contribution in [0.5, 0.6) is 0 Å². The summed E-state index contributed by atoms with van der Waals surface area (Å²) in [6.45, 7) is 1.93. The first kappa shape index (κ1) is 44.2. The summed E-state index contributed by atoms with van der Waals surface area (Å²) in [5.41, 5.74) is 5.00. The minimum Gasteiger partial charge on any atom is -0.480 e. The maximum atomic E-state index is 13.3. The molecule has 0 saturated carbocycles. The molecule has 1 aromatic carbocycles. The number of nitrogens with two attached hydrogens (primary N) is 1. The average molecular weight is 779 g/mol. The van der Waals surface area contributed by atoms with Gasteiger partial charge in [0, 0.05) is 24.4 Å². The number of hydrogen-bond donors (Lipinski definition) is 9. The number of aromatic nitrogens is 2. The molecule has 21 heteroatoms. The van der Waals surface area contributed by atoms with E-state index in [0.717, 1.165) is 48.1 Å². The number of hydrogen-bond acceptors (Lipinski definition) is 13. The van der Waals surface area contributed by atoms with Gasteiger partial charge in [-0.05, 0) is 30.5 Å². The van der Waals surface area contributed by atoms with Crippen molar-refractivity contribution in [3.8, 4) is 0 Å². The summed E-state index contributed by atoms with van der Waals surface area (Å²) in [4.78, 5) is 60.8. The number of carbonyl (C=O) groups excluding carboxylic acids is 1. The first-order chi connectivity index (χ1) is 25.4. The number of ether oxygens (including phenoxy) is 3. The SMILES string of the molecule is CCCCCCCCc1ccc(C(=O)N[C@H](C(=O)O)[C@H](O[C@@H]2O[C@H](CN)[C@@H](O)[C@H]2O)[C@H]2O[C@@H](n3ccc(=O)[nH]c3=O)[C@H](O)[C@@H]2O)cc1.O=C(O)C(F)(F)F. The Labute approximate surface area is 305 Å². The van der Waals surface area contributed by atoms with E-state index in [2.05, 4.69) is 12.2 Å². The molecule has 0 spiro atoms. The highest BCUT2D eigenvalue weighted by molar-refractivity contribution is 5.96. The predicted octanol–water partition coefficient (Wildman–Crippen LogP) is -0.634. The summed E-state index contributed by atoms with van der Waals surface area (Å²) in [6, 6.07) is 5.63. The second kappa shape index (κ2) is 19.9. The zero-order valence-corrected chi connectivity index (χ0v) is 29.0. The lowest BCUT2D eigenvalue weighted by atomic mass is 9.98. The van der Waals surface area contributed by atoms with E-state index >= 15 is 0 Å². The van der Waals surface area contributed by atoms with Crippen LogP contribution in [0.25, 0.3) is 0 Å². The quantitative estimate of drug-likeness (QED) is 0.0959. The van der Waals surface area contributed by atoms with E-state index in [0.29, 0.717) is 0 Å². The zero-order valence-electron chi connectivity index (χ0n) is 29.0. The fourth-order valence-corrected chi connectivity index (χ4v) is 5.78. The van der Waals surface area contributed by atoms with Crippen molar-refractivity contribution in [2.75, 3.05) is 6.54 Å². The Morgan fingerprint density at radius 1 is 0.926 bits per heavy atom. The Morgan fingerprint density at radius 3 is 2.07 bits per heavy atom. The summed E-state index contributed by atoms with van der Waals surface area (Å²) in [7, 11) is 0. The Hall–Kier alpha value is -4.22. The molecule has 2 aliphatic rings. The van der Waals surface area contributed by atoms with Crippen molar-refractivity contribution in [3.05, 3.63) is 68.5 Å². The number of aromatic amines is 1. The standard InChI is InChI=1S/C31H44N4O12.C2HF3O2/c1-2-3-4-5-6-7-8-16-9-11-17(12-10-16)27(41)34-20(29(42)43)25(47-30-24(40)21(37)18(15-32)45-30)26-22(38)23(39)28(46-26)35-14-13-19(36)33-31(35)44;3-2(4,5)1(6)7/h9-14,18,20-26,28,30,37-40H,2-8,15,32H2,1H3,(H,34,41)(H,42,43)(H,33,36,44);(H,6,7)/t18-,20+,21-,22+,23-,24-,25+,26+,28-,30+;/m1./s1. The van der Waals surface area contributed by atoms with Gasteiger partial charge < -0.3 is 55.9 Å². The predicted molar refractivity (Wildman–Crippen MR) is 178 cm³/mol. The van der Waals surface area contributed by atoms with Crippen LogP contribution in [0.1, 0.15) is 67.6 Å². The normalized spacial score (nSPS) is 26.4. The lowest BCUT2D eigenvalue weighted by Gasteiger charge is -2.33. The van der Waals surface area contributed by atoms with Crippen molar-refractivity contribution in [2.24, 2.45) is 5.73 Å². The molecule has 2 saturated heterocycles. The van der Waals surface area contributed by atoms with Gasteiger partial charge in [0.2, 0.25) is 0 Å². The number of aliphatic hydroxyl groups excluding tert-OH is 4. The molecule has 18 nitrogen and oxygen atoms in total. The van der Waals surface area contributed by atoms with Crippen molar-refractivity contribution in [3.63, 3.8) is 0 Å². The second-order valence-electron chi connectivity index (χ2n) is 12.7. The number of rotatable bonds is 16. The highest BCUT2D eigenvalue weighted by Crippen LogP contribution is 2.34. The smallest absolute Gasteiger partial charge is 0.480 e. The molecule has 10 N–H and O–H groups in total. The first-order valence-corrected chi connectivity index (χ1v) is 17.0. The van der Waals surface area contributed by atoms with Crippen molar-refractivity contribution >= 4 is 17.8 Å². The highest BCUT2D eigenvalue weighted by atomic mass is 19.4. The molecule has 0 bridgehead atoms. The van der Waals surface area contributed by atoms with Crippen LogP contribution in [0.3, 0.4) is 0 Å². The molecule has 0 aliphatic carbocycles. The van der Waals surface area contributed by atoms with Gasteiger partial charge in [0.1, 0.15) is 42.7 Å².